The highest BCUT2D eigenvalue weighted by Crippen LogP contribution is 2.35. The Balaban J connectivity index is 1.80. The lowest BCUT2D eigenvalue weighted by Crippen LogP contribution is -2.40. The molecule has 1 aliphatic carbocycles. The van der Waals surface area contributed by atoms with E-state index in [-0.39, 0.29) is 0 Å². The molecule has 1 heterocycles. The first-order chi connectivity index (χ1) is 13.8. The van der Waals surface area contributed by atoms with Crippen molar-refractivity contribution < 1.29 is 9.30 Å². The quantitative estimate of drug-likeness (QED) is 0.491. The molecule has 0 radical (unpaired) electrons. The molecule has 160 valence electrons. The summed E-state index contributed by atoms with van der Waals surface area (Å²) in [5.74, 6) is 3.13. The van der Waals surface area contributed by atoms with E-state index in [0.29, 0.717) is 36.5 Å². The van der Waals surface area contributed by atoms with E-state index in [1.807, 2.05) is 0 Å². The van der Waals surface area contributed by atoms with E-state index in [0.717, 1.165) is 5.92 Å². The van der Waals surface area contributed by atoms with E-state index in [9.17, 15) is 0 Å². The third kappa shape index (κ3) is 5.12. The fraction of sp³-hybridized carbons (Fsp3) is 0.654. The molecule has 1 aromatic carbocycles. The summed E-state index contributed by atoms with van der Waals surface area (Å²) in [6.07, 6.45) is 10.7. The van der Waals surface area contributed by atoms with Gasteiger partial charge in [-0.25, -0.2) is 9.13 Å². The molecule has 1 aliphatic rings. The molecule has 29 heavy (non-hydrogen) atoms. The number of rotatable bonds is 7. The summed E-state index contributed by atoms with van der Waals surface area (Å²) in [6.45, 7) is 16.8. The van der Waals surface area contributed by atoms with Crippen LogP contribution in [0.15, 0.2) is 36.9 Å². The van der Waals surface area contributed by atoms with Gasteiger partial charge in [-0.1, -0.05) is 73.1 Å². The Morgan fingerprint density at radius 2 is 1.69 bits per heavy atom. The predicted molar refractivity (Wildman–Crippen MR) is 120 cm³/mol. The van der Waals surface area contributed by atoms with Crippen molar-refractivity contribution in [2.24, 2.45) is 17.8 Å². The van der Waals surface area contributed by atoms with Crippen LogP contribution >= 0.6 is 0 Å². The maximum Gasteiger partial charge on any atom is 0.250 e. The van der Waals surface area contributed by atoms with Crippen molar-refractivity contribution in [1.29, 1.82) is 0 Å². The van der Waals surface area contributed by atoms with Crippen LogP contribution in [0.5, 0.6) is 0 Å². The molecule has 2 aromatic rings. The Morgan fingerprint density at radius 1 is 1.03 bits per heavy atom. The Hall–Kier alpha value is -1.61. The highest BCUT2D eigenvalue weighted by molar-refractivity contribution is 5.50. The van der Waals surface area contributed by atoms with Gasteiger partial charge in [0, 0.05) is 11.1 Å². The molecule has 1 aromatic heterocycles. The highest BCUT2D eigenvalue weighted by atomic mass is 16.5. The molecule has 0 saturated heterocycles. The molecule has 0 spiro atoms. The maximum absolute atomic E-state index is 6.47. The second-order valence-corrected chi connectivity index (χ2v) is 10.1. The SMILES string of the molecule is CC(C)c1cccc(C(C)C)c1-n1cc[n+](CO[C@@H]2C[C@H](C)CC[C@H]2C(C)C)c1. The van der Waals surface area contributed by atoms with Gasteiger partial charge in [0.2, 0.25) is 0 Å². The number of ether oxygens (including phenoxy) is 1. The van der Waals surface area contributed by atoms with Gasteiger partial charge in [0.25, 0.3) is 6.33 Å². The topological polar surface area (TPSA) is 18.0 Å². The van der Waals surface area contributed by atoms with Crippen LogP contribution in [0.1, 0.15) is 90.7 Å². The van der Waals surface area contributed by atoms with E-state index in [1.165, 1.54) is 36.1 Å². The zero-order valence-electron chi connectivity index (χ0n) is 19.6. The smallest absolute Gasteiger partial charge is 0.250 e. The zero-order chi connectivity index (χ0) is 21.1. The number of imidazole rings is 1. The van der Waals surface area contributed by atoms with E-state index in [1.54, 1.807) is 0 Å². The summed E-state index contributed by atoms with van der Waals surface area (Å²) in [5.41, 5.74) is 4.14. The molecule has 0 unspecified atom stereocenters. The van der Waals surface area contributed by atoms with Crippen molar-refractivity contribution >= 4 is 0 Å². The van der Waals surface area contributed by atoms with Gasteiger partial charge in [-0.05, 0) is 42.4 Å². The molecule has 0 N–H and O–H groups in total. The summed E-state index contributed by atoms with van der Waals surface area (Å²) in [7, 11) is 0. The number of hydrogen-bond acceptors (Lipinski definition) is 1. The Labute approximate surface area is 178 Å². The van der Waals surface area contributed by atoms with Gasteiger partial charge < -0.3 is 4.74 Å². The van der Waals surface area contributed by atoms with Crippen molar-refractivity contribution in [1.82, 2.24) is 4.57 Å². The average molecular weight is 398 g/mol. The van der Waals surface area contributed by atoms with Gasteiger partial charge in [-0.15, -0.1) is 0 Å². The average Bonchev–Trinajstić information content (AvgIpc) is 3.14. The second-order valence-electron chi connectivity index (χ2n) is 10.1. The van der Waals surface area contributed by atoms with Gasteiger partial charge >= 0.3 is 0 Å². The van der Waals surface area contributed by atoms with Crippen LogP contribution in [0.2, 0.25) is 0 Å². The van der Waals surface area contributed by atoms with Crippen LogP contribution in [-0.2, 0) is 11.5 Å². The summed E-state index contributed by atoms with van der Waals surface area (Å²) in [6, 6.07) is 6.73. The van der Waals surface area contributed by atoms with E-state index in [4.69, 9.17) is 4.74 Å². The van der Waals surface area contributed by atoms with Crippen LogP contribution in [0, 0.1) is 17.8 Å². The maximum atomic E-state index is 6.47. The minimum absolute atomic E-state index is 0.378. The standard InChI is InChI=1S/C26H41N2O/c1-18(2)22-12-11-21(7)15-25(22)29-17-27-13-14-28(16-27)26-23(19(3)4)9-8-10-24(26)20(5)6/h8-10,13-14,16,18-22,25H,11-12,15,17H2,1-7H3/q+1/t21-,22+,25-/m1/s1. The number of para-hydroxylation sites is 1. The third-order valence-electron chi connectivity index (χ3n) is 6.69. The van der Waals surface area contributed by atoms with Crippen molar-refractivity contribution in [3.63, 3.8) is 0 Å². The Kier molecular flexibility index (Phi) is 7.21. The lowest BCUT2D eigenvalue weighted by molar-refractivity contribution is -0.734. The number of hydrogen-bond donors (Lipinski definition) is 0. The summed E-state index contributed by atoms with van der Waals surface area (Å²) < 4.78 is 10.9. The lowest BCUT2D eigenvalue weighted by Gasteiger charge is -2.36. The van der Waals surface area contributed by atoms with Gasteiger partial charge in [0.05, 0.1) is 6.10 Å². The van der Waals surface area contributed by atoms with Crippen LogP contribution in [-0.4, -0.2) is 10.7 Å². The molecule has 3 atom stereocenters. The van der Waals surface area contributed by atoms with Gasteiger partial charge in [0.15, 0.2) is 6.73 Å². The van der Waals surface area contributed by atoms with Crippen LogP contribution in [0.25, 0.3) is 5.69 Å². The molecule has 3 rings (SSSR count). The predicted octanol–water partition coefficient (Wildman–Crippen LogP) is 6.45. The molecule has 0 amide bonds. The molecule has 3 heteroatoms. The second kappa shape index (κ2) is 9.47. The summed E-state index contributed by atoms with van der Waals surface area (Å²) in [5, 5.41) is 0. The van der Waals surface area contributed by atoms with E-state index >= 15 is 0 Å². The fourth-order valence-electron chi connectivity index (χ4n) is 4.90. The van der Waals surface area contributed by atoms with Crippen molar-refractivity contribution in [3.8, 4) is 5.69 Å². The minimum Gasteiger partial charge on any atom is -0.338 e. The zero-order valence-corrected chi connectivity index (χ0v) is 19.6. The van der Waals surface area contributed by atoms with Crippen molar-refractivity contribution in [2.75, 3.05) is 0 Å². The Morgan fingerprint density at radius 3 is 2.28 bits per heavy atom. The summed E-state index contributed by atoms with van der Waals surface area (Å²) >= 11 is 0. The van der Waals surface area contributed by atoms with Crippen molar-refractivity contribution in [3.05, 3.63) is 48.0 Å². The number of nitrogens with zero attached hydrogens (tertiary/aromatic N) is 2. The lowest BCUT2D eigenvalue weighted by atomic mass is 9.75. The van der Waals surface area contributed by atoms with Crippen LogP contribution in [0.3, 0.4) is 0 Å². The minimum atomic E-state index is 0.378. The monoisotopic (exact) mass is 397 g/mol. The van der Waals surface area contributed by atoms with E-state index < -0.39 is 0 Å². The first kappa shape index (κ1) is 22.1. The first-order valence-electron chi connectivity index (χ1n) is 11.6. The fourth-order valence-corrected chi connectivity index (χ4v) is 4.90. The van der Waals surface area contributed by atoms with Crippen LogP contribution < -0.4 is 4.57 Å². The molecule has 3 nitrogen and oxygen atoms in total. The van der Waals surface area contributed by atoms with Gasteiger partial charge in [-0.2, -0.15) is 0 Å². The van der Waals surface area contributed by atoms with Crippen molar-refractivity contribution in [2.45, 2.75) is 92.4 Å². The molecule has 1 fully saturated rings. The normalized spacial score (nSPS) is 22.8. The first-order valence-corrected chi connectivity index (χ1v) is 11.6. The molecule has 0 aliphatic heterocycles. The third-order valence-corrected chi connectivity index (χ3v) is 6.69. The molecule has 0 bridgehead atoms. The largest absolute Gasteiger partial charge is 0.338 e. The van der Waals surface area contributed by atoms with Crippen LogP contribution in [0.4, 0.5) is 0 Å². The molecule has 1 saturated carbocycles. The van der Waals surface area contributed by atoms with Gasteiger partial charge in [-0.3, -0.25) is 0 Å². The van der Waals surface area contributed by atoms with Gasteiger partial charge in [0.1, 0.15) is 18.1 Å². The number of benzene rings is 1. The Bertz CT molecular complexity index is 764. The van der Waals surface area contributed by atoms with E-state index in [2.05, 4.69) is 94.5 Å². The molecular weight excluding hydrogens is 356 g/mol. The molecular formula is C26H41N2O+. The summed E-state index contributed by atoms with van der Waals surface area (Å²) in [4.78, 5) is 0. The number of aromatic nitrogens is 2. The highest BCUT2D eigenvalue weighted by Gasteiger charge is 2.32.